The van der Waals surface area contributed by atoms with Crippen LogP contribution in [0.1, 0.15) is 44.4 Å². The number of aromatic nitrogens is 10. The van der Waals surface area contributed by atoms with Gasteiger partial charge in [0.25, 0.3) is 0 Å². The fraction of sp³-hybridized carbons (Fsp3) is 0.583. The molecule has 17 heteroatoms. The number of fused-ring (bicyclic) bond motifs is 2. The van der Waals surface area contributed by atoms with E-state index in [0.29, 0.717) is 48.7 Å². The molecule has 41 heavy (non-hydrogen) atoms. The van der Waals surface area contributed by atoms with Gasteiger partial charge in [0, 0.05) is 25.7 Å². The number of nitrogens with zero attached hydrogens (tertiary/aromatic N) is 11. The van der Waals surface area contributed by atoms with Gasteiger partial charge in [-0.15, -0.1) is 15.3 Å². The molecule has 4 atom stereocenters. The van der Waals surface area contributed by atoms with E-state index >= 15 is 0 Å². The summed E-state index contributed by atoms with van der Waals surface area (Å²) in [6.07, 6.45) is 4.88. The second kappa shape index (κ2) is 9.71. The van der Waals surface area contributed by atoms with Gasteiger partial charge in [0.15, 0.2) is 5.82 Å². The van der Waals surface area contributed by atoms with Gasteiger partial charge in [0.2, 0.25) is 17.6 Å². The average molecular weight is 565 g/mol. The van der Waals surface area contributed by atoms with E-state index in [9.17, 15) is 14.7 Å². The number of hydrogen-bond donors (Lipinski definition) is 2. The summed E-state index contributed by atoms with van der Waals surface area (Å²) in [5.41, 5.74) is 0.850. The molecule has 1 amide bonds. The number of carbonyl (C=O) groups is 2. The first-order valence-corrected chi connectivity index (χ1v) is 13.4. The molecule has 17 nitrogen and oxygen atoms in total. The zero-order chi connectivity index (χ0) is 28.3. The first-order chi connectivity index (χ1) is 19.9. The lowest BCUT2D eigenvalue weighted by atomic mass is 9.71. The fourth-order valence-electron chi connectivity index (χ4n) is 6.87. The molecule has 0 saturated carbocycles. The van der Waals surface area contributed by atoms with E-state index in [1.165, 1.54) is 17.1 Å². The molecule has 3 unspecified atom stereocenters. The Morgan fingerprint density at radius 2 is 2.00 bits per heavy atom. The van der Waals surface area contributed by atoms with E-state index in [1.807, 2.05) is 0 Å². The Balaban J connectivity index is 1.06. The third kappa shape index (κ3) is 4.02. The number of carbonyl (C=O) groups excluding carboxylic acids is 2. The van der Waals surface area contributed by atoms with Crippen LogP contribution in [0.25, 0.3) is 17.5 Å². The highest BCUT2D eigenvalue weighted by atomic mass is 16.5. The van der Waals surface area contributed by atoms with Crippen molar-refractivity contribution in [2.75, 3.05) is 26.8 Å². The minimum Gasteiger partial charge on any atom is -0.456 e. The number of likely N-dealkylation sites (tertiary alicyclic amines) is 1. The molecular formula is C24H28N12O5. The molecule has 3 saturated heterocycles. The molecule has 2 bridgehead atoms. The number of cyclic esters (lactones) is 1. The van der Waals surface area contributed by atoms with Gasteiger partial charge in [-0.2, -0.15) is 9.90 Å². The first-order valence-electron chi connectivity index (χ1n) is 13.4. The van der Waals surface area contributed by atoms with Gasteiger partial charge < -0.3 is 19.5 Å². The van der Waals surface area contributed by atoms with E-state index < -0.39 is 11.5 Å². The van der Waals surface area contributed by atoms with Gasteiger partial charge in [-0.1, -0.05) is 0 Å². The van der Waals surface area contributed by atoms with Crippen LogP contribution in [-0.4, -0.2) is 123 Å². The number of aliphatic hydroxyl groups excluding tert-OH is 1. The standard InChI is InChI=1S/C24H28N12O5/c1-12-16(11-41-22(12)38)35-10-18(40-2)24(23(35)39)5-13-3-4-14(6-24)34(13)9-17(37)15-7-26-19(8-25-15)36-21(29-32-33-36)20-27-30-31-28-20/h7-8,13-14,17-18,37H,3-6,9-11H2,1-2H3,(H,27,28,30,31)/t13?,14?,17-,18?,24?/m0/s1. The van der Waals surface area contributed by atoms with Crippen molar-refractivity contribution in [3.63, 3.8) is 0 Å². The van der Waals surface area contributed by atoms with Crippen molar-refractivity contribution in [2.45, 2.75) is 56.9 Å². The minimum absolute atomic E-state index is 0.00153. The topological polar surface area (TPSA) is 203 Å². The zero-order valence-corrected chi connectivity index (χ0v) is 22.4. The summed E-state index contributed by atoms with van der Waals surface area (Å²) >= 11 is 0. The Labute approximate surface area is 232 Å². The van der Waals surface area contributed by atoms with Crippen LogP contribution < -0.4 is 0 Å². The summed E-state index contributed by atoms with van der Waals surface area (Å²) in [5, 5.41) is 36.3. The van der Waals surface area contributed by atoms with Crippen molar-refractivity contribution in [1.29, 1.82) is 0 Å². The van der Waals surface area contributed by atoms with Crippen LogP contribution in [0.4, 0.5) is 0 Å². The molecular weight excluding hydrogens is 536 g/mol. The Kier molecular flexibility index (Phi) is 6.09. The number of methoxy groups -OCH3 is 1. The van der Waals surface area contributed by atoms with Gasteiger partial charge in [-0.3, -0.25) is 14.7 Å². The highest BCUT2D eigenvalue weighted by Crippen LogP contribution is 2.53. The maximum Gasteiger partial charge on any atom is 0.336 e. The monoisotopic (exact) mass is 564 g/mol. The molecule has 2 N–H and O–H groups in total. The van der Waals surface area contributed by atoms with Crippen molar-refractivity contribution in [1.82, 2.24) is 60.6 Å². The van der Waals surface area contributed by atoms with Crippen LogP contribution in [0, 0.1) is 5.41 Å². The predicted molar refractivity (Wildman–Crippen MR) is 134 cm³/mol. The number of rotatable bonds is 7. The third-order valence-electron chi connectivity index (χ3n) is 8.91. The van der Waals surface area contributed by atoms with E-state index in [0.717, 1.165) is 12.8 Å². The molecule has 7 heterocycles. The van der Waals surface area contributed by atoms with Gasteiger partial charge in [0.1, 0.15) is 12.7 Å². The van der Waals surface area contributed by atoms with Crippen LogP contribution in [0.2, 0.25) is 0 Å². The van der Waals surface area contributed by atoms with Gasteiger partial charge in [-0.25, -0.2) is 9.78 Å². The summed E-state index contributed by atoms with van der Waals surface area (Å²) in [5.74, 6) is 0.399. The molecule has 0 radical (unpaired) electrons. The van der Waals surface area contributed by atoms with Crippen LogP contribution in [-0.2, 0) is 19.1 Å². The van der Waals surface area contributed by atoms with Crippen molar-refractivity contribution >= 4 is 11.9 Å². The fourth-order valence-corrected chi connectivity index (χ4v) is 6.87. The highest BCUT2D eigenvalue weighted by Gasteiger charge is 2.62. The number of esters is 1. The first kappa shape index (κ1) is 25.7. The Hall–Kier alpha value is -4.22. The summed E-state index contributed by atoms with van der Waals surface area (Å²) in [4.78, 5) is 38.7. The Morgan fingerprint density at radius 3 is 2.63 bits per heavy atom. The lowest BCUT2D eigenvalue weighted by Crippen LogP contribution is -2.54. The smallest absolute Gasteiger partial charge is 0.336 e. The second-order valence-electron chi connectivity index (χ2n) is 10.9. The highest BCUT2D eigenvalue weighted by molar-refractivity contribution is 5.94. The van der Waals surface area contributed by atoms with Crippen LogP contribution in [0.3, 0.4) is 0 Å². The lowest BCUT2D eigenvalue weighted by Gasteiger charge is -2.46. The molecule has 0 aliphatic carbocycles. The summed E-state index contributed by atoms with van der Waals surface area (Å²) < 4.78 is 12.4. The molecule has 4 aliphatic rings. The van der Waals surface area contributed by atoms with Gasteiger partial charge in [-0.05, 0) is 48.2 Å². The van der Waals surface area contributed by atoms with Crippen molar-refractivity contribution in [3.8, 4) is 17.5 Å². The van der Waals surface area contributed by atoms with Gasteiger partial charge >= 0.3 is 5.97 Å². The second-order valence-corrected chi connectivity index (χ2v) is 10.9. The number of nitrogens with one attached hydrogen (secondary N) is 1. The SMILES string of the molecule is COC1CN(C2=C(C)C(=O)OC2)C(=O)C12CC1CCC(C2)N1C[C@H](O)c1cnc(-n2nnnc2-c2nn[nH]n2)cn1. The van der Waals surface area contributed by atoms with Crippen molar-refractivity contribution in [2.24, 2.45) is 5.41 Å². The minimum atomic E-state index is -0.886. The quantitative estimate of drug-likeness (QED) is 0.329. The van der Waals surface area contributed by atoms with Crippen molar-refractivity contribution < 1.29 is 24.2 Å². The third-order valence-corrected chi connectivity index (χ3v) is 8.91. The summed E-state index contributed by atoms with van der Waals surface area (Å²) in [6.45, 7) is 2.57. The number of piperidine rings is 1. The maximum atomic E-state index is 13.9. The molecule has 4 aliphatic heterocycles. The summed E-state index contributed by atoms with van der Waals surface area (Å²) in [7, 11) is 1.64. The number of ether oxygens (including phenoxy) is 2. The number of aromatic amines is 1. The van der Waals surface area contributed by atoms with E-state index in [1.54, 1.807) is 18.9 Å². The van der Waals surface area contributed by atoms with E-state index in [4.69, 9.17) is 9.47 Å². The van der Waals surface area contributed by atoms with E-state index in [2.05, 4.69) is 51.0 Å². The zero-order valence-electron chi connectivity index (χ0n) is 22.4. The van der Waals surface area contributed by atoms with Crippen LogP contribution in [0.5, 0.6) is 0 Å². The Bertz CT molecular complexity index is 1490. The molecule has 3 fully saturated rings. The predicted octanol–water partition coefficient (Wildman–Crippen LogP) is -1.03. The normalized spacial score (nSPS) is 28.8. The Morgan fingerprint density at radius 1 is 1.20 bits per heavy atom. The summed E-state index contributed by atoms with van der Waals surface area (Å²) in [6, 6.07) is 0.208. The van der Waals surface area contributed by atoms with Crippen LogP contribution >= 0.6 is 0 Å². The average Bonchev–Trinajstić information content (AvgIpc) is 3.81. The lowest BCUT2D eigenvalue weighted by molar-refractivity contribution is -0.144. The van der Waals surface area contributed by atoms with E-state index in [-0.39, 0.29) is 48.3 Å². The molecule has 3 aromatic heterocycles. The molecule has 7 rings (SSSR count). The van der Waals surface area contributed by atoms with Crippen molar-refractivity contribution in [3.05, 3.63) is 29.4 Å². The van der Waals surface area contributed by atoms with Crippen LogP contribution in [0.15, 0.2) is 23.7 Å². The number of hydrogen-bond acceptors (Lipinski definition) is 14. The number of tetrazole rings is 2. The molecule has 3 aromatic rings. The molecule has 1 spiro atoms. The number of H-pyrrole nitrogens is 1. The van der Waals surface area contributed by atoms with Gasteiger partial charge in [0.05, 0.1) is 47.4 Å². The number of amides is 1. The molecule has 214 valence electrons. The largest absolute Gasteiger partial charge is 0.456 e. The maximum absolute atomic E-state index is 13.9. The molecule has 0 aromatic carbocycles. The number of aliphatic hydroxyl groups is 1.